The van der Waals surface area contributed by atoms with Gasteiger partial charge >= 0.3 is 0 Å². The average molecular weight is 296 g/mol. The van der Waals surface area contributed by atoms with Crippen molar-refractivity contribution in [1.29, 1.82) is 0 Å². The molecule has 0 aromatic heterocycles. The van der Waals surface area contributed by atoms with Gasteiger partial charge in [-0.15, -0.1) is 11.8 Å². The molecule has 1 nitrogen and oxygen atoms in total. The van der Waals surface area contributed by atoms with Gasteiger partial charge in [0.2, 0.25) is 0 Å². The van der Waals surface area contributed by atoms with Crippen LogP contribution in [0.3, 0.4) is 0 Å². The number of thioether (sulfide) groups is 1. The summed E-state index contributed by atoms with van der Waals surface area (Å²) < 4.78 is 13.0. The third-order valence-corrected chi connectivity index (χ3v) is 4.37. The zero-order valence-corrected chi connectivity index (χ0v) is 12.1. The minimum Gasteiger partial charge on any atom is -0.323 e. The smallest absolute Gasteiger partial charge is 0.124 e. The summed E-state index contributed by atoms with van der Waals surface area (Å²) in [6.07, 6.45) is 0. The molecular weight excluding hydrogens is 281 g/mol. The largest absolute Gasteiger partial charge is 0.323 e. The molecule has 4 heteroatoms. The molecule has 0 saturated carbocycles. The minimum absolute atomic E-state index is 0.119. The zero-order valence-electron chi connectivity index (χ0n) is 10.6. The van der Waals surface area contributed by atoms with E-state index in [-0.39, 0.29) is 11.9 Å². The van der Waals surface area contributed by atoms with Crippen molar-refractivity contribution in [2.75, 3.05) is 5.75 Å². The highest BCUT2D eigenvalue weighted by molar-refractivity contribution is 7.99. The van der Waals surface area contributed by atoms with Crippen molar-refractivity contribution in [3.63, 3.8) is 0 Å². The Bertz CT molecular complexity index is 574. The van der Waals surface area contributed by atoms with Crippen LogP contribution in [0.25, 0.3) is 0 Å². The van der Waals surface area contributed by atoms with Crippen molar-refractivity contribution >= 4 is 23.4 Å². The molecule has 0 amide bonds. The fourth-order valence-corrected chi connectivity index (χ4v) is 2.80. The van der Waals surface area contributed by atoms with Gasteiger partial charge in [-0.2, -0.15) is 0 Å². The summed E-state index contributed by atoms with van der Waals surface area (Å²) in [5, 5.41) is 0.726. The Morgan fingerprint density at radius 3 is 2.74 bits per heavy atom. The highest BCUT2D eigenvalue weighted by atomic mass is 35.5. The van der Waals surface area contributed by atoms with E-state index >= 15 is 0 Å². The highest BCUT2D eigenvalue weighted by Gasteiger charge is 2.08. The van der Waals surface area contributed by atoms with Crippen LogP contribution in [-0.2, 0) is 0 Å². The molecule has 0 bridgehead atoms. The molecule has 1 atom stereocenters. The van der Waals surface area contributed by atoms with Crippen molar-refractivity contribution in [2.24, 2.45) is 5.73 Å². The number of hydrogen-bond donors (Lipinski definition) is 1. The number of nitrogens with two attached hydrogens (primary N) is 1. The number of rotatable bonds is 4. The van der Waals surface area contributed by atoms with E-state index < -0.39 is 0 Å². The van der Waals surface area contributed by atoms with Crippen LogP contribution in [0, 0.1) is 12.7 Å². The quantitative estimate of drug-likeness (QED) is 0.836. The van der Waals surface area contributed by atoms with E-state index in [9.17, 15) is 4.39 Å². The van der Waals surface area contributed by atoms with Crippen LogP contribution in [0.5, 0.6) is 0 Å². The number of benzene rings is 2. The SMILES string of the molecule is Cc1ccc(C(N)CSc2cccc(F)c2)cc1Cl. The molecular formula is C15H15ClFNS. The number of hydrogen-bond acceptors (Lipinski definition) is 2. The lowest BCUT2D eigenvalue weighted by Gasteiger charge is -2.13. The van der Waals surface area contributed by atoms with E-state index in [2.05, 4.69) is 0 Å². The third kappa shape index (κ3) is 3.96. The van der Waals surface area contributed by atoms with Gasteiger partial charge in [-0.05, 0) is 42.3 Å². The summed E-state index contributed by atoms with van der Waals surface area (Å²) in [6, 6.07) is 12.2. The van der Waals surface area contributed by atoms with Crippen molar-refractivity contribution < 1.29 is 4.39 Å². The van der Waals surface area contributed by atoms with Gasteiger partial charge in [0.1, 0.15) is 5.82 Å². The maximum Gasteiger partial charge on any atom is 0.124 e. The molecule has 100 valence electrons. The first-order valence-electron chi connectivity index (χ1n) is 5.96. The van der Waals surface area contributed by atoms with Gasteiger partial charge in [-0.1, -0.05) is 29.8 Å². The van der Waals surface area contributed by atoms with Gasteiger partial charge in [0.25, 0.3) is 0 Å². The van der Waals surface area contributed by atoms with Gasteiger partial charge in [0.05, 0.1) is 0 Å². The lowest BCUT2D eigenvalue weighted by atomic mass is 10.1. The zero-order chi connectivity index (χ0) is 13.8. The Labute approximate surface area is 122 Å². The second-order valence-corrected chi connectivity index (χ2v) is 5.88. The van der Waals surface area contributed by atoms with Gasteiger partial charge in [-0.3, -0.25) is 0 Å². The van der Waals surface area contributed by atoms with Crippen LogP contribution < -0.4 is 5.73 Å². The van der Waals surface area contributed by atoms with E-state index in [1.807, 2.05) is 31.2 Å². The molecule has 2 rings (SSSR count). The first-order valence-corrected chi connectivity index (χ1v) is 7.32. The molecule has 1 unspecified atom stereocenters. The third-order valence-electron chi connectivity index (χ3n) is 2.85. The maximum absolute atomic E-state index is 13.0. The predicted molar refractivity (Wildman–Crippen MR) is 80.2 cm³/mol. The van der Waals surface area contributed by atoms with Crippen LogP contribution >= 0.6 is 23.4 Å². The van der Waals surface area contributed by atoms with Crippen LogP contribution in [0.2, 0.25) is 5.02 Å². The molecule has 0 radical (unpaired) electrons. The molecule has 2 aromatic rings. The monoisotopic (exact) mass is 295 g/mol. The number of aryl methyl sites for hydroxylation is 1. The topological polar surface area (TPSA) is 26.0 Å². The Morgan fingerprint density at radius 2 is 2.05 bits per heavy atom. The molecule has 0 aliphatic carbocycles. The Hall–Kier alpha value is -1.03. The maximum atomic E-state index is 13.0. The molecule has 0 aliphatic rings. The van der Waals surface area contributed by atoms with Gasteiger partial charge in [0, 0.05) is 21.7 Å². The lowest BCUT2D eigenvalue weighted by Crippen LogP contribution is -2.13. The van der Waals surface area contributed by atoms with Gasteiger partial charge < -0.3 is 5.73 Å². The normalized spacial score (nSPS) is 12.4. The highest BCUT2D eigenvalue weighted by Crippen LogP contribution is 2.26. The van der Waals surface area contributed by atoms with Crippen LogP contribution in [0.1, 0.15) is 17.2 Å². The van der Waals surface area contributed by atoms with E-state index in [1.165, 1.54) is 23.9 Å². The summed E-state index contributed by atoms with van der Waals surface area (Å²) in [5.41, 5.74) is 8.16. The summed E-state index contributed by atoms with van der Waals surface area (Å²) in [7, 11) is 0. The van der Waals surface area contributed by atoms with E-state index in [1.54, 1.807) is 6.07 Å². The van der Waals surface area contributed by atoms with Crippen molar-refractivity contribution in [1.82, 2.24) is 0 Å². The van der Waals surface area contributed by atoms with E-state index in [0.717, 1.165) is 21.0 Å². The van der Waals surface area contributed by atoms with E-state index in [0.29, 0.717) is 5.75 Å². The molecule has 19 heavy (non-hydrogen) atoms. The fourth-order valence-electron chi connectivity index (χ4n) is 1.68. The molecule has 0 saturated heterocycles. The van der Waals surface area contributed by atoms with Crippen molar-refractivity contribution in [3.05, 3.63) is 64.4 Å². The van der Waals surface area contributed by atoms with Crippen molar-refractivity contribution in [3.8, 4) is 0 Å². The summed E-state index contributed by atoms with van der Waals surface area (Å²) in [5.74, 6) is 0.458. The van der Waals surface area contributed by atoms with E-state index in [4.69, 9.17) is 17.3 Å². The summed E-state index contributed by atoms with van der Waals surface area (Å²) in [4.78, 5) is 0.883. The first kappa shape index (κ1) is 14.4. The Balaban J connectivity index is 2.01. The molecule has 2 aromatic carbocycles. The molecule has 2 N–H and O–H groups in total. The van der Waals surface area contributed by atoms with Gasteiger partial charge in [0.15, 0.2) is 0 Å². The van der Waals surface area contributed by atoms with Crippen LogP contribution in [-0.4, -0.2) is 5.75 Å². The molecule has 0 fully saturated rings. The Kier molecular flexibility index (Phi) is 4.86. The summed E-state index contributed by atoms with van der Waals surface area (Å²) in [6.45, 7) is 1.96. The van der Waals surface area contributed by atoms with Crippen LogP contribution in [0.4, 0.5) is 4.39 Å². The second kappa shape index (κ2) is 6.42. The van der Waals surface area contributed by atoms with Crippen LogP contribution in [0.15, 0.2) is 47.4 Å². The standard InChI is InChI=1S/C15H15ClFNS/c1-10-5-6-11(7-14(10)16)15(18)9-19-13-4-2-3-12(17)8-13/h2-8,15H,9,18H2,1H3. The van der Waals surface area contributed by atoms with Gasteiger partial charge in [-0.25, -0.2) is 4.39 Å². The molecule has 0 aliphatic heterocycles. The molecule has 0 heterocycles. The summed E-state index contributed by atoms with van der Waals surface area (Å²) >= 11 is 7.62. The lowest BCUT2D eigenvalue weighted by molar-refractivity contribution is 0.624. The predicted octanol–water partition coefficient (Wildman–Crippen LogP) is 4.58. The van der Waals surface area contributed by atoms with Crippen molar-refractivity contribution in [2.45, 2.75) is 17.9 Å². The molecule has 0 spiro atoms. The Morgan fingerprint density at radius 1 is 1.26 bits per heavy atom. The number of halogens is 2. The second-order valence-electron chi connectivity index (χ2n) is 4.38. The average Bonchev–Trinajstić information content (AvgIpc) is 2.39. The minimum atomic E-state index is -0.225. The first-order chi connectivity index (χ1) is 9.06. The fraction of sp³-hybridized carbons (Fsp3) is 0.200.